The van der Waals surface area contributed by atoms with Gasteiger partial charge in [0.25, 0.3) is 5.69 Å². The lowest BCUT2D eigenvalue weighted by Crippen LogP contribution is -2.41. The maximum atomic E-state index is 11.4. The van der Waals surface area contributed by atoms with Gasteiger partial charge in [0.05, 0.1) is 4.92 Å². The molecule has 0 unspecified atom stereocenters. The summed E-state index contributed by atoms with van der Waals surface area (Å²) < 4.78 is 6.05. The van der Waals surface area contributed by atoms with Gasteiger partial charge < -0.3 is 10.2 Å². The normalized spacial score (nSPS) is 12.2. The van der Waals surface area contributed by atoms with Crippen LogP contribution in [0.4, 0.5) is 5.69 Å². The SMILES string of the molecule is CC(C)(C)[Si](C)(C)OCCc1cc([N+](=O)[O-])ccc1C(N)=O. The van der Waals surface area contributed by atoms with Crippen LogP contribution in [0.1, 0.15) is 36.7 Å². The molecule has 0 aromatic heterocycles. The molecule has 6 nitrogen and oxygen atoms in total. The number of hydrogen-bond donors (Lipinski definition) is 1. The summed E-state index contributed by atoms with van der Waals surface area (Å²) in [6, 6.07) is 4.09. The van der Waals surface area contributed by atoms with Crippen molar-refractivity contribution in [3.8, 4) is 0 Å². The van der Waals surface area contributed by atoms with E-state index in [1.54, 1.807) is 0 Å². The van der Waals surface area contributed by atoms with Gasteiger partial charge in [0, 0.05) is 24.3 Å². The van der Waals surface area contributed by atoms with Gasteiger partial charge in [-0.1, -0.05) is 20.8 Å². The van der Waals surface area contributed by atoms with Gasteiger partial charge in [-0.25, -0.2) is 0 Å². The van der Waals surface area contributed by atoms with Gasteiger partial charge in [-0.3, -0.25) is 14.9 Å². The molecule has 1 aromatic rings. The first-order valence-corrected chi connectivity index (χ1v) is 10.1. The van der Waals surface area contributed by atoms with Gasteiger partial charge in [0.15, 0.2) is 8.32 Å². The molecule has 0 bridgehead atoms. The molecule has 1 rings (SSSR count). The topological polar surface area (TPSA) is 95.5 Å². The van der Waals surface area contributed by atoms with Gasteiger partial charge in [0.1, 0.15) is 0 Å². The second kappa shape index (κ2) is 6.58. The van der Waals surface area contributed by atoms with E-state index >= 15 is 0 Å². The number of nitrogens with two attached hydrogens (primary N) is 1. The summed E-state index contributed by atoms with van der Waals surface area (Å²) >= 11 is 0. The Morgan fingerprint density at radius 1 is 1.36 bits per heavy atom. The zero-order valence-electron chi connectivity index (χ0n) is 13.8. The van der Waals surface area contributed by atoms with Gasteiger partial charge in [-0.05, 0) is 36.2 Å². The number of hydrogen-bond acceptors (Lipinski definition) is 4. The fourth-order valence-corrected chi connectivity index (χ4v) is 2.82. The van der Waals surface area contributed by atoms with Crippen molar-refractivity contribution in [1.29, 1.82) is 0 Å². The van der Waals surface area contributed by atoms with Gasteiger partial charge in [0.2, 0.25) is 5.91 Å². The highest BCUT2D eigenvalue weighted by molar-refractivity contribution is 6.74. The van der Waals surface area contributed by atoms with E-state index in [0.29, 0.717) is 24.2 Å². The molecule has 0 aliphatic rings. The van der Waals surface area contributed by atoms with Crippen molar-refractivity contribution in [2.75, 3.05) is 6.61 Å². The third-order valence-corrected chi connectivity index (χ3v) is 8.74. The second-order valence-electron chi connectivity index (χ2n) is 6.82. The number of nitro benzene ring substituents is 1. The lowest BCUT2D eigenvalue weighted by atomic mass is 10.0. The molecule has 0 saturated carbocycles. The van der Waals surface area contributed by atoms with Crippen molar-refractivity contribution < 1.29 is 14.1 Å². The highest BCUT2D eigenvalue weighted by Crippen LogP contribution is 2.36. The molecule has 0 heterocycles. The maximum absolute atomic E-state index is 11.4. The summed E-state index contributed by atoms with van der Waals surface area (Å²) in [7, 11) is -1.89. The molecule has 122 valence electrons. The zero-order valence-corrected chi connectivity index (χ0v) is 14.8. The van der Waals surface area contributed by atoms with E-state index in [9.17, 15) is 14.9 Å². The van der Waals surface area contributed by atoms with Crippen LogP contribution in [0.15, 0.2) is 18.2 Å². The highest BCUT2D eigenvalue weighted by atomic mass is 28.4. The maximum Gasteiger partial charge on any atom is 0.269 e. The Balaban J connectivity index is 2.90. The van der Waals surface area contributed by atoms with Crippen molar-refractivity contribution in [2.24, 2.45) is 5.73 Å². The molecule has 0 atom stereocenters. The first-order chi connectivity index (χ1) is 9.95. The largest absolute Gasteiger partial charge is 0.416 e. The van der Waals surface area contributed by atoms with Crippen molar-refractivity contribution in [1.82, 2.24) is 0 Å². The minimum absolute atomic E-state index is 0.0488. The molecule has 22 heavy (non-hydrogen) atoms. The number of amides is 1. The van der Waals surface area contributed by atoms with Crippen LogP contribution in [0.5, 0.6) is 0 Å². The molecule has 1 aromatic carbocycles. The standard InChI is InChI=1S/C15H24N2O4Si/c1-15(2,3)22(4,5)21-9-8-11-10-12(17(19)20)6-7-13(11)14(16)18/h6-7,10H,8-9H2,1-5H3,(H2,16,18). The number of primary amides is 1. The first kappa shape index (κ1) is 18.3. The summed E-state index contributed by atoms with van der Waals surface area (Å²) in [6.07, 6.45) is 0.423. The van der Waals surface area contributed by atoms with Crippen LogP contribution in [-0.4, -0.2) is 25.8 Å². The third kappa shape index (κ3) is 4.38. The summed E-state index contributed by atoms with van der Waals surface area (Å²) in [5, 5.41) is 10.9. The molecule has 1 amide bonds. The van der Waals surface area contributed by atoms with E-state index in [0.717, 1.165) is 0 Å². The van der Waals surface area contributed by atoms with Crippen molar-refractivity contribution in [3.63, 3.8) is 0 Å². The smallest absolute Gasteiger partial charge is 0.269 e. The van der Waals surface area contributed by atoms with E-state index < -0.39 is 19.1 Å². The molecular weight excluding hydrogens is 300 g/mol. The number of non-ortho nitro benzene ring substituents is 1. The average molecular weight is 324 g/mol. The number of carbonyl (C=O) groups is 1. The molecule has 0 aliphatic carbocycles. The summed E-state index contributed by atoms with van der Waals surface area (Å²) in [4.78, 5) is 21.8. The molecule has 0 radical (unpaired) electrons. The Morgan fingerprint density at radius 2 is 1.95 bits per heavy atom. The molecule has 0 saturated heterocycles. The second-order valence-corrected chi connectivity index (χ2v) is 11.6. The summed E-state index contributed by atoms with van der Waals surface area (Å²) in [5.41, 5.74) is 6.14. The van der Waals surface area contributed by atoms with Crippen LogP contribution in [0.3, 0.4) is 0 Å². The molecule has 0 aliphatic heterocycles. The number of rotatable bonds is 6. The number of benzene rings is 1. The average Bonchev–Trinajstić information content (AvgIpc) is 2.36. The Bertz CT molecular complexity index is 579. The first-order valence-electron chi connectivity index (χ1n) is 7.17. The fourth-order valence-electron chi connectivity index (χ4n) is 1.77. The van der Waals surface area contributed by atoms with Crippen LogP contribution >= 0.6 is 0 Å². The van der Waals surface area contributed by atoms with E-state index in [-0.39, 0.29) is 10.7 Å². The Labute approximate surface area is 131 Å². The highest BCUT2D eigenvalue weighted by Gasteiger charge is 2.36. The molecule has 0 fully saturated rings. The molecule has 2 N–H and O–H groups in total. The monoisotopic (exact) mass is 324 g/mol. The lowest BCUT2D eigenvalue weighted by molar-refractivity contribution is -0.384. The Hall–Kier alpha value is -1.73. The number of carbonyl (C=O) groups excluding carboxylic acids is 1. The van der Waals surface area contributed by atoms with Gasteiger partial charge in [-0.2, -0.15) is 0 Å². The summed E-state index contributed by atoms with van der Waals surface area (Å²) in [6.45, 7) is 11.1. The molecule has 0 spiro atoms. The minimum atomic E-state index is -1.89. The van der Waals surface area contributed by atoms with E-state index in [4.69, 9.17) is 10.2 Å². The van der Waals surface area contributed by atoms with Crippen LogP contribution in [0.2, 0.25) is 18.1 Å². The summed E-state index contributed by atoms with van der Waals surface area (Å²) in [5.74, 6) is -0.586. The van der Waals surface area contributed by atoms with Crippen LogP contribution in [-0.2, 0) is 10.8 Å². The predicted molar refractivity (Wildman–Crippen MR) is 88.5 cm³/mol. The third-order valence-electron chi connectivity index (χ3n) is 4.21. The van der Waals surface area contributed by atoms with Crippen LogP contribution < -0.4 is 5.73 Å². The van der Waals surface area contributed by atoms with E-state index in [1.165, 1.54) is 18.2 Å². The van der Waals surface area contributed by atoms with Crippen molar-refractivity contribution in [2.45, 2.75) is 45.3 Å². The van der Waals surface area contributed by atoms with Crippen molar-refractivity contribution in [3.05, 3.63) is 39.4 Å². The van der Waals surface area contributed by atoms with Crippen LogP contribution in [0.25, 0.3) is 0 Å². The molecular formula is C15H24N2O4Si. The van der Waals surface area contributed by atoms with Gasteiger partial charge in [-0.15, -0.1) is 0 Å². The van der Waals surface area contributed by atoms with Gasteiger partial charge >= 0.3 is 0 Å². The van der Waals surface area contributed by atoms with Crippen molar-refractivity contribution >= 4 is 19.9 Å². The fraction of sp³-hybridized carbons (Fsp3) is 0.533. The Kier molecular flexibility index (Phi) is 5.48. The number of nitrogens with zero attached hydrogens (tertiary/aromatic N) is 1. The minimum Gasteiger partial charge on any atom is -0.416 e. The predicted octanol–water partition coefficient (Wildman–Crippen LogP) is 3.26. The van der Waals surface area contributed by atoms with E-state index in [1.807, 2.05) is 0 Å². The van der Waals surface area contributed by atoms with E-state index in [2.05, 4.69) is 33.9 Å². The quantitative estimate of drug-likeness (QED) is 0.493. The zero-order chi connectivity index (χ0) is 17.1. The number of nitro groups is 1. The molecule has 7 heteroatoms. The lowest BCUT2D eigenvalue weighted by Gasteiger charge is -2.36. The Morgan fingerprint density at radius 3 is 2.41 bits per heavy atom. The van der Waals surface area contributed by atoms with Crippen LogP contribution in [0, 0.1) is 10.1 Å².